The van der Waals surface area contributed by atoms with Crippen molar-refractivity contribution in [1.29, 1.82) is 0 Å². The number of rotatable bonds is 5. The summed E-state index contributed by atoms with van der Waals surface area (Å²) in [6, 6.07) is 16.7. The summed E-state index contributed by atoms with van der Waals surface area (Å²) in [5, 5.41) is 17.4. The molecule has 2 aromatic heterocycles. The molecular weight excluding hydrogens is 426 g/mol. The van der Waals surface area contributed by atoms with Crippen LogP contribution in [0.1, 0.15) is 28.9 Å². The summed E-state index contributed by atoms with van der Waals surface area (Å²) >= 11 is 0. The van der Waals surface area contributed by atoms with E-state index in [0.717, 1.165) is 53.9 Å². The van der Waals surface area contributed by atoms with Crippen LogP contribution in [0, 0.1) is 5.92 Å². The molecule has 8 nitrogen and oxygen atoms in total. The van der Waals surface area contributed by atoms with Gasteiger partial charge in [0.2, 0.25) is 11.9 Å². The molecule has 0 bridgehead atoms. The van der Waals surface area contributed by atoms with E-state index >= 15 is 0 Å². The number of aromatic amines is 1. The minimum Gasteiger partial charge on any atom is -0.351 e. The zero-order valence-corrected chi connectivity index (χ0v) is 18.7. The van der Waals surface area contributed by atoms with Gasteiger partial charge in [-0.1, -0.05) is 41.6 Å². The molecule has 3 N–H and O–H groups in total. The van der Waals surface area contributed by atoms with Gasteiger partial charge in [0.1, 0.15) is 0 Å². The number of fused-ring (bicyclic) bond motifs is 2. The van der Waals surface area contributed by atoms with Crippen LogP contribution in [0.3, 0.4) is 0 Å². The molecule has 170 valence electrons. The van der Waals surface area contributed by atoms with E-state index in [0.29, 0.717) is 18.4 Å². The molecule has 2 aromatic carbocycles. The van der Waals surface area contributed by atoms with Crippen molar-refractivity contribution in [3.63, 3.8) is 0 Å². The average Bonchev–Trinajstić information content (AvgIpc) is 3.50. The molecule has 0 saturated carbocycles. The van der Waals surface area contributed by atoms with E-state index in [-0.39, 0.29) is 11.8 Å². The molecule has 2 aliphatic rings. The fraction of sp³-hybridized carbons (Fsp3) is 0.269. The normalized spacial score (nSPS) is 17.1. The van der Waals surface area contributed by atoms with E-state index in [4.69, 9.17) is 0 Å². The number of H-pyrrole nitrogens is 1. The molecule has 0 spiro atoms. The van der Waals surface area contributed by atoms with E-state index < -0.39 is 0 Å². The lowest BCUT2D eigenvalue weighted by molar-refractivity contribution is -0.120. The minimum absolute atomic E-state index is 0.0131. The van der Waals surface area contributed by atoms with Gasteiger partial charge in [-0.05, 0) is 54.5 Å². The Morgan fingerprint density at radius 1 is 0.941 bits per heavy atom. The van der Waals surface area contributed by atoms with Crippen molar-refractivity contribution in [3.8, 4) is 11.1 Å². The van der Waals surface area contributed by atoms with Crippen LogP contribution in [0.5, 0.6) is 0 Å². The van der Waals surface area contributed by atoms with Gasteiger partial charge in [0.05, 0.1) is 11.4 Å². The van der Waals surface area contributed by atoms with Crippen LogP contribution >= 0.6 is 0 Å². The van der Waals surface area contributed by atoms with Crippen LogP contribution in [-0.2, 0) is 30.5 Å². The minimum atomic E-state index is -0.100. The zero-order valence-electron chi connectivity index (χ0n) is 18.7. The second-order valence-corrected chi connectivity index (χ2v) is 9.06. The number of hydrogen-bond acceptors (Lipinski definition) is 6. The zero-order chi connectivity index (χ0) is 22.9. The third-order valence-corrected chi connectivity index (χ3v) is 6.76. The summed E-state index contributed by atoms with van der Waals surface area (Å²) in [5.41, 5.74) is 7.35. The van der Waals surface area contributed by atoms with Crippen molar-refractivity contribution in [2.45, 2.75) is 38.1 Å². The fourth-order valence-corrected chi connectivity index (χ4v) is 4.93. The second kappa shape index (κ2) is 8.70. The summed E-state index contributed by atoms with van der Waals surface area (Å²) in [7, 11) is 0. The lowest BCUT2D eigenvalue weighted by atomic mass is 9.89. The summed E-state index contributed by atoms with van der Waals surface area (Å²) in [6.45, 7) is 0. The van der Waals surface area contributed by atoms with Gasteiger partial charge in [-0.15, -0.1) is 5.10 Å². The van der Waals surface area contributed by atoms with Gasteiger partial charge in [0.15, 0.2) is 0 Å². The molecule has 4 aromatic rings. The molecule has 0 radical (unpaired) electrons. The highest BCUT2D eigenvalue weighted by atomic mass is 16.1. The average molecular weight is 452 g/mol. The van der Waals surface area contributed by atoms with Crippen molar-refractivity contribution >= 4 is 17.5 Å². The van der Waals surface area contributed by atoms with Gasteiger partial charge in [-0.25, -0.2) is 9.97 Å². The number of hydrogen-bond donors (Lipinski definition) is 3. The van der Waals surface area contributed by atoms with Gasteiger partial charge in [0, 0.05) is 42.0 Å². The highest BCUT2D eigenvalue weighted by Crippen LogP contribution is 2.27. The number of nitrogens with one attached hydrogen (secondary N) is 3. The molecule has 2 heterocycles. The third kappa shape index (κ3) is 4.14. The maximum Gasteiger partial charge on any atom is 0.227 e. The quantitative estimate of drug-likeness (QED) is 0.428. The highest BCUT2D eigenvalue weighted by Gasteiger charge is 2.27. The fourth-order valence-electron chi connectivity index (χ4n) is 4.93. The number of aryl methyl sites for hydroxylation is 1. The van der Waals surface area contributed by atoms with Crippen molar-refractivity contribution in [3.05, 3.63) is 83.4 Å². The number of benzene rings is 2. The van der Waals surface area contributed by atoms with Crippen LogP contribution in [-0.4, -0.2) is 37.3 Å². The predicted octanol–water partition coefficient (Wildman–Crippen LogP) is 3.58. The van der Waals surface area contributed by atoms with Gasteiger partial charge < -0.3 is 10.6 Å². The van der Waals surface area contributed by atoms with E-state index in [1.54, 1.807) is 0 Å². The number of carbonyl (C=O) groups excluding carboxylic acids is 1. The van der Waals surface area contributed by atoms with Crippen LogP contribution in [0.4, 0.5) is 11.6 Å². The molecule has 6 rings (SSSR count). The van der Waals surface area contributed by atoms with E-state index in [1.807, 2.05) is 36.7 Å². The summed E-state index contributed by atoms with van der Waals surface area (Å²) in [6.07, 6.45) is 7.83. The molecule has 1 amide bonds. The van der Waals surface area contributed by atoms with Gasteiger partial charge in [-0.2, -0.15) is 0 Å². The number of carbonyl (C=O) groups is 1. The molecule has 1 atom stereocenters. The van der Waals surface area contributed by atoms with Crippen LogP contribution in [0.15, 0.2) is 60.9 Å². The summed E-state index contributed by atoms with van der Waals surface area (Å²) in [5.74, 6) is 0.548. The van der Waals surface area contributed by atoms with Gasteiger partial charge >= 0.3 is 0 Å². The third-order valence-electron chi connectivity index (χ3n) is 6.76. The first-order valence-electron chi connectivity index (χ1n) is 11.7. The summed E-state index contributed by atoms with van der Waals surface area (Å²) < 4.78 is 0. The molecular formula is C26H25N7O. The Balaban J connectivity index is 1.10. The first-order valence-corrected chi connectivity index (χ1v) is 11.7. The van der Waals surface area contributed by atoms with Crippen LogP contribution in [0.25, 0.3) is 11.1 Å². The largest absolute Gasteiger partial charge is 0.351 e. The van der Waals surface area contributed by atoms with Crippen molar-refractivity contribution < 1.29 is 4.79 Å². The first-order chi connectivity index (χ1) is 16.7. The highest BCUT2D eigenvalue weighted by molar-refractivity contribution is 5.93. The molecule has 0 fully saturated rings. The smallest absolute Gasteiger partial charge is 0.227 e. The number of anilines is 2. The maximum absolute atomic E-state index is 12.8. The SMILES string of the molecule is O=C(Nc1cccc(-c2cnc(NC3Cc4ccccc4C3)nc2)c1)[C@H]1CCc2[nH]nnc2C1. The van der Waals surface area contributed by atoms with Crippen LogP contribution < -0.4 is 10.6 Å². The van der Waals surface area contributed by atoms with Crippen LogP contribution in [0.2, 0.25) is 0 Å². The Hall–Kier alpha value is -4.07. The molecule has 2 aliphatic carbocycles. The molecule has 0 unspecified atom stereocenters. The van der Waals surface area contributed by atoms with Crippen molar-refractivity contribution in [2.75, 3.05) is 10.6 Å². The Kier molecular flexibility index (Phi) is 5.25. The van der Waals surface area contributed by atoms with E-state index in [9.17, 15) is 4.79 Å². The Morgan fingerprint density at radius 3 is 2.53 bits per heavy atom. The second-order valence-electron chi connectivity index (χ2n) is 9.06. The molecule has 8 heteroatoms. The number of nitrogens with zero attached hydrogens (tertiary/aromatic N) is 4. The predicted molar refractivity (Wildman–Crippen MR) is 129 cm³/mol. The Bertz CT molecular complexity index is 1310. The molecule has 0 saturated heterocycles. The standard InChI is InChI=1S/C26H25N7O/c34-25(19-8-9-23-24(13-19)32-33-31-23)29-21-7-3-6-18(10-21)20-14-27-26(28-15-20)30-22-11-16-4-1-2-5-17(16)12-22/h1-7,10,14-15,19,22H,8-9,11-13H2,(H,29,34)(H,27,28,30)(H,31,32,33)/t19-/m0/s1. The lowest BCUT2D eigenvalue weighted by Crippen LogP contribution is -2.28. The van der Waals surface area contributed by atoms with Crippen molar-refractivity contribution in [2.24, 2.45) is 5.92 Å². The van der Waals surface area contributed by atoms with Gasteiger partial charge in [-0.3, -0.25) is 9.89 Å². The Labute approximate surface area is 197 Å². The van der Waals surface area contributed by atoms with E-state index in [2.05, 4.69) is 60.3 Å². The number of aromatic nitrogens is 5. The molecule has 0 aliphatic heterocycles. The first kappa shape index (κ1) is 20.5. The lowest BCUT2D eigenvalue weighted by Gasteiger charge is -2.20. The summed E-state index contributed by atoms with van der Waals surface area (Å²) in [4.78, 5) is 21.9. The van der Waals surface area contributed by atoms with Gasteiger partial charge in [0.25, 0.3) is 0 Å². The monoisotopic (exact) mass is 451 g/mol. The van der Waals surface area contributed by atoms with E-state index in [1.165, 1.54) is 11.1 Å². The van der Waals surface area contributed by atoms with Crippen molar-refractivity contribution in [1.82, 2.24) is 25.4 Å². The number of amides is 1. The topological polar surface area (TPSA) is 108 Å². The molecule has 34 heavy (non-hydrogen) atoms. The maximum atomic E-state index is 12.8. The Morgan fingerprint density at radius 2 is 1.74 bits per heavy atom.